The number of ether oxygens (including phenoxy) is 1. The predicted octanol–water partition coefficient (Wildman–Crippen LogP) is 5.55. The molecule has 1 amide bonds. The van der Waals surface area contributed by atoms with Crippen molar-refractivity contribution in [1.82, 2.24) is 4.98 Å². The summed E-state index contributed by atoms with van der Waals surface area (Å²) >= 11 is 1.56. The second kappa shape index (κ2) is 9.28. The smallest absolute Gasteiger partial charge is 0.250 e. The average molecular weight is 401 g/mol. The van der Waals surface area contributed by atoms with Gasteiger partial charge < -0.3 is 10.1 Å². The molecule has 1 N–H and O–H groups in total. The summed E-state index contributed by atoms with van der Waals surface area (Å²) < 4.78 is 6.03. The van der Waals surface area contributed by atoms with Crippen LogP contribution in [0.2, 0.25) is 0 Å². The molecule has 4 rings (SSSR count). The Morgan fingerprint density at radius 2 is 1.62 bits per heavy atom. The van der Waals surface area contributed by atoms with E-state index < -0.39 is 0 Å². The number of benzene rings is 3. The Hall–Kier alpha value is -3.28. The van der Waals surface area contributed by atoms with Gasteiger partial charge in [0.25, 0.3) is 0 Å². The summed E-state index contributed by atoms with van der Waals surface area (Å²) in [6.07, 6.45) is 1.47. The first-order chi connectivity index (χ1) is 14.3. The van der Waals surface area contributed by atoms with E-state index in [-0.39, 0.29) is 18.6 Å². The normalized spacial score (nSPS) is 10.8. The Morgan fingerprint density at radius 1 is 0.931 bits per heavy atom. The number of carbonyl (C=O) groups excluding carboxylic acids is 1. The van der Waals surface area contributed by atoms with Crippen LogP contribution in [0, 0.1) is 0 Å². The van der Waals surface area contributed by atoms with E-state index in [1.54, 1.807) is 17.5 Å². The highest BCUT2D eigenvalue weighted by Gasteiger charge is 2.16. The Kier molecular flexibility index (Phi) is 6.10. The van der Waals surface area contributed by atoms with Crippen LogP contribution in [0.25, 0.3) is 10.6 Å². The van der Waals surface area contributed by atoms with Crippen molar-refractivity contribution in [1.29, 1.82) is 0 Å². The molecule has 0 bridgehead atoms. The van der Waals surface area contributed by atoms with Gasteiger partial charge in [0.05, 0.1) is 0 Å². The van der Waals surface area contributed by atoms with Crippen LogP contribution in [-0.4, -0.2) is 17.5 Å². The number of aromatic nitrogens is 1. The molecule has 1 heterocycles. The fourth-order valence-corrected chi connectivity index (χ4v) is 3.73. The maximum Gasteiger partial charge on any atom is 0.250 e. The number of hydrogen-bond donors (Lipinski definition) is 1. The van der Waals surface area contributed by atoms with E-state index in [4.69, 9.17) is 4.74 Å². The Morgan fingerprint density at radius 3 is 2.24 bits per heavy atom. The molecule has 3 aromatic carbocycles. The number of hydrogen-bond acceptors (Lipinski definition) is 4. The van der Waals surface area contributed by atoms with Gasteiger partial charge in [-0.15, -0.1) is 11.3 Å². The number of anilines is 1. The molecule has 29 heavy (non-hydrogen) atoms. The van der Waals surface area contributed by atoms with Gasteiger partial charge >= 0.3 is 0 Å². The number of thiazole rings is 1. The lowest BCUT2D eigenvalue weighted by molar-refractivity contribution is -0.121. The fourth-order valence-electron chi connectivity index (χ4n) is 3.09. The molecule has 0 aliphatic rings. The monoisotopic (exact) mass is 400 g/mol. The van der Waals surface area contributed by atoms with Crippen LogP contribution in [-0.2, 0) is 9.53 Å². The van der Waals surface area contributed by atoms with E-state index in [2.05, 4.69) is 10.3 Å². The van der Waals surface area contributed by atoms with Gasteiger partial charge in [-0.25, -0.2) is 4.98 Å². The molecule has 0 saturated carbocycles. The van der Waals surface area contributed by atoms with Gasteiger partial charge in [0.2, 0.25) is 5.91 Å². The largest absolute Gasteiger partial charge is 0.359 e. The maximum atomic E-state index is 12.5. The maximum absolute atomic E-state index is 12.5. The second-order valence-electron chi connectivity index (χ2n) is 6.48. The third-order valence-corrected chi connectivity index (χ3v) is 5.23. The Balaban J connectivity index is 1.44. The van der Waals surface area contributed by atoms with Gasteiger partial charge in [0.1, 0.15) is 17.7 Å². The first-order valence-electron chi connectivity index (χ1n) is 9.31. The van der Waals surface area contributed by atoms with Crippen LogP contribution in [0.5, 0.6) is 0 Å². The Labute approximate surface area is 173 Å². The summed E-state index contributed by atoms with van der Waals surface area (Å²) in [7, 11) is 0. The molecule has 0 aliphatic carbocycles. The molecule has 144 valence electrons. The van der Waals surface area contributed by atoms with E-state index in [1.165, 1.54) is 0 Å². The topological polar surface area (TPSA) is 51.2 Å². The van der Waals surface area contributed by atoms with Crippen LogP contribution < -0.4 is 5.32 Å². The SMILES string of the molecule is O=C(COC(c1ccccc1)c1ccccc1)Nc1cccc(-c2nccs2)c1. The molecule has 0 saturated heterocycles. The van der Waals surface area contributed by atoms with Crippen molar-refractivity contribution in [2.24, 2.45) is 0 Å². The number of amides is 1. The van der Waals surface area contributed by atoms with Gasteiger partial charge in [-0.2, -0.15) is 0 Å². The molecule has 0 aliphatic heterocycles. The lowest BCUT2D eigenvalue weighted by atomic mass is 10.0. The minimum absolute atomic E-state index is 0.0457. The van der Waals surface area contributed by atoms with Gasteiger partial charge in [-0.1, -0.05) is 72.8 Å². The van der Waals surface area contributed by atoms with Crippen LogP contribution >= 0.6 is 11.3 Å². The minimum atomic E-state index is -0.301. The van der Waals surface area contributed by atoms with E-state index in [0.717, 1.165) is 27.4 Å². The minimum Gasteiger partial charge on any atom is -0.359 e. The number of nitrogens with one attached hydrogen (secondary N) is 1. The van der Waals surface area contributed by atoms with Crippen molar-refractivity contribution >= 4 is 22.9 Å². The zero-order valence-corrected chi connectivity index (χ0v) is 16.5. The summed E-state index contributed by atoms with van der Waals surface area (Å²) in [5, 5.41) is 5.77. The molecular weight excluding hydrogens is 380 g/mol. The van der Waals surface area contributed by atoms with Crippen LogP contribution in [0.4, 0.5) is 5.69 Å². The predicted molar refractivity (Wildman–Crippen MR) is 117 cm³/mol. The van der Waals surface area contributed by atoms with Crippen LogP contribution in [0.15, 0.2) is 96.5 Å². The van der Waals surface area contributed by atoms with Gasteiger partial charge in [-0.3, -0.25) is 4.79 Å². The third-order valence-electron chi connectivity index (χ3n) is 4.41. The number of nitrogens with zero attached hydrogens (tertiary/aromatic N) is 1. The highest BCUT2D eigenvalue weighted by Crippen LogP contribution is 2.26. The molecule has 5 heteroatoms. The molecule has 4 aromatic rings. The standard InChI is InChI=1S/C24H20N2O2S/c27-22(26-21-13-7-12-20(16-21)24-25-14-15-29-24)17-28-23(18-8-3-1-4-9-18)19-10-5-2-6-11-19/h1-16,23H,17H2,(H,26,27). The molecule has 0 atom stereocenters. The molecule has 4 nitrogen and oxygen atoms in total. The van der Waals surface area contributed by atoms with Gasteiger partial charge in [0, 0.05) is 22.8 Å². The van der Waals surface area contributed by atoms with Crippen molar-refractivity contribution in [2.75, 3.05) is 11.9 Å². The van der Waals surface area contributed by atoms with Gasteiger partial charge in [0.15, 0.2) is 0 Å². The quantitative estimate of drug-likeness (QED) is 0.442. The molecular formula is C24H20N2O2S. The number of carbonyl (C=O) groups is 1. The van der Waals surface area contributed by atoms with E-state index in [1.807, 2.05) is 90.3 Å². The molecule has 0 fully saturated rings. The first-order valence-corrected chi connectivity index (χ1v) is 10.2. The highest BCUT2D eigenvalue weighted by atomic mass is 32.1. The van der Waals surface area contributed by atoms with Crippen LogP contribution in [0.1, 0.15) is 17.2 Å². The zero-order valence-electron chi connectivity index (χ0n) is 15.7. The van der Waals surface area contributed by atoms with E-state index >= 15 is 0 Å². The highest BCUT2D eigenvalue weighted by molar-refractivity contribution is 7.13. The summed E-state index contributed by atoms with van der Waals surface area (Å²) in [6.45, 7) is -0.0457. The summed E-state index contributed by atoms with van der Waals surface area (Å²) in [5.74, 6) is -0.196. The van der Waals surface area contributed by atoms with Crippen molar-refractivity contribution in [3.05, 3.63) is 108 Å². The van der Waals surface area contributed by atoms with Crippen LogP contribution in [0.3, 0.4) is 0 Å². The van der Waals surface area contributed by atoms with Crippen molar-refractivity contribution in [2.45, 2.75) is 6.10 Å². The van der Waals surface area contributed by atoms with E-state index in [9.17, 15) is 4.79 Å². The Bertz CT molecular complexity index is 1010. The number of rotatable bonds is 7. The first kappa shape index (κ1) is 19.1. The van der Waals surface area contributed by atoms with Gasteiger partial charge in [-0.05, 0) is 23.3 Å². The second-order valence-corrected chi connectivity index (χ2v) is 7.37. The molecule has 0 spiro atoms. The summed E-state index contributed by atoms with van der Waals surface area (Å²) in [4.78, 5) is 16.8. The lowest BCUT2D eigenvalue weighted by Gasteiger charge is -2.19. The lowest BCUT2D eigenvalue weighted by Crippen LogP contribution is -2.20. The van der Waals surface area contributed by atoms with Crippen molar-refractivity contribution < 1.29 is 9.53 Å². The third kappa shape index (κ3) is 4.96. The van der Waals surface area contributed by atoms with Crippen molar-refractivity contribution in [3.8, 4) is 10.6 Å². The molecule has 0 radical (unpaired) electrons. The fraction of sp³-hybridized carbons (Fsp3) is 0.0833. The molecule has 1 aromatic heterocycles. The summed E-state index contributed by atoms with van der Waals surface area (Å²) in [5.41, 5.74) is 3.72. The molecule has 0 unspecified atom stereocenters. The van der Waals surface area contributed by atoms with E-state index in [0.29, 0.717) is 0 Å². The zero-order chi connectivity index (χ0) is 19.9. The summed E-state index contributed by atoms with van der Waals surface area (Å²) in [6, 6.07) is 27.5. The average Bonchev–Trinajstić information content (AvgIpc) is 3.31. The van der Waals surface area contributed by atoms with Crippen molar-refractivity contribution in [3.63, 3.8) is 0 Å².